The van der Waals surface area contributed by atoms with Gasteiger partial charge in [-0.15, -0.1) is 0 Å². The Kier molecular flexibility index (Phi) is 18.9. The maximum Gasteiger partial charge on any atom is 0.235 e. The van der Waals surface area contributed by atoms with E-state index in [0.717, 1.165) is 128 Å². The van der Waals surface area contributed by atoms with Crippen LogP contribution in [0, 0.1) is 0 Å². The molecule has 0 saturated carbocycles. The van der Waals surface area contributed by atoms with Crippen molar-refractivity contribution in [2.45, 2.75) is 0 Å². The lowest BCUT2D eigenvalue weighted by molar-refractivity contribution is 1.01. The van der Waals surface area contributed by atoms with Gasteiger partial charge in [0.25, 0.3) is 0 Å². The molecule has 9 aromatic heterocycles. The third kappa shape index (κ3) is 13.2. The first-order valence-electron chi connectivity index (χ1n) is 51.0. The molecule has 24 aromatic carbocycles. The van der Waals surface area contributed by atoms with E-state index < -0.39 is 0 Å². The van der Waals surface area contributed by atoms with Gasteiger partial charge >= 0.3 is 0 Å². The van der Waals surface area contributed by atoms with Crippen molar-refractivity contribution in [1.82, 2.24) is 57.3 Å². The Morgan fingerprint density at radius 3 is 0.840 bits per heavy atom. The third-order valence-corrected chi connectivity index (χ3v) is 30.8. The van der Waals surface area contributed by atoms with Gasteiger partial charge in [-0.3, -0.25) is 13.7 Å². The molecule has 33 aromatic rings. The third-order valence-electron chi connectivity index (χ3n) is 30.8. The molecule has 12 heteroatoms. The summed E-state index contributed by atoms with van der Waals surface area (Å²) in [6.07, 6.45) is 0. The van der Waals surface area contributed by atoms with E-state index in [1.54, 1.807) is 0 Å². The fourth-order valence-corrected chi connectivity index (χ4v) is 24.1. The van der Waals surface area contributed by atoms with Crippen LogP contribution in [0.2, 0.25) is 0 Å². The summed E-state index contributed by atoms with van der Waals surface area (Å²) in [5.41, 5.74) is 25.9. The topological polar surface area (TPSA) is 107 Å². The highest BCUT2D eigenvalue weighted by molar-refractivity contribution is 6.26. The van der Waals surface area contributed by atoms with E-state index in [-0.39, 0.29) is 0 Å². The highest BCUT2D eigenvalue weighted by Crippen LogP contribution is 2.49. The van der Waals surface area contributed by atoms with E-state index in [0.29, 0.717) is 17.8 Å². The lowest BCUT2D eigenvalue weighted by Crippen LogP contribution is -2.04. The van der Waals surface area contributed by atoms with E-state index >= 15 is 0 Å². The van der Waals surface area contributed by atoms with Gasteiger partial charge in [-0.25, -0.2) is 29.9 Å². The van der Waals surface area contributed by atoms with Crippen LogP contribution < -0.4 is 0 Å². The van der Waals surface area contributed by atoms with Crippen LogP contribution in [0.5, 0.6) is 0 Å². The zero-order valence-electron chi connectivity index (χ0n) is 80.9. The fourth-order valence-electron chi connectivity index (χ4n) is 24.1. The summed E-state index contributed by atoms with van der Waals surface area (Å²) in [5.74, 6) is 1.99. The number of hydrogen-bond donors (Lipinski definition) is 0. The summed E-state index contributed by atoms with van der Waals surface area (Å²) in [6, 6.07) is 182. The second-order valence-electron chi connectivity index (χ2n) is 39.1. The second-order valence-corrected chi connectivity index (χ2v) is 39.1. The van der Waals surface area contributed by atoms with E-state index in [1.807, 2.05) is 0 Å². The van der Waals surface area contributed by atoms with Gasteiger partial charge in [0, 0.05) is 115 Å². The minimum absolute atomic E-state index is 0.660. The van der Waals surface area contributed by atoms with Crippen LogP contribution >= 0.6 is 0 Å². The zero-order chi connectivity index (χ0) is 98.3. The van der Waals surface area contributed by atoms with Gasteiger partial charge in [0.2, 0.25) is 17.8 Å². The van der Waals surface area contributed by atoms with Crippen molar-refractivity contribution in [2.75, 3.05) is 0 Å². The summed E-state index contributed by atoms with van der Waals surface area (Å²) in [5, 5.41) is 31.8. The number of aromatic nitrogens is 12. The van der Waals surface area contributed by atoms with Crippen LogP contribution in [0.4, 0.5) is 0 Å². The van der Waals surface area contributed by atoms with Gasteiger partial charge in [0.1, 0.15) is 0 Å². The highest BCUT2D eigenvalue weighted by atomic mass is 15.2. The van der Waals surface area contributed by atoms with Crippen LogP contribution in [0.3, 0.4) is 0 Å². The van der Waals surface area contributed by atoms with Gasteiger partial charge < -0.3 is 13.7 Å². The molecular weight excluding hydrogens is 1830 g/mol. The number of para-hydroxylation sites is 12. The summed E-state index contributed by atoms with van der Waals surface area (Å²) in [7, 11) is 0. The van der Waals surface area contributed by atoms with Crippen LogP contribution in [0.1, 0.15) is 0 Å². The average molecular weight is 1910 g/mol. The van der Waals surface area contributed by atoms with Gasteiger partial charge in [0.15, 0.2) is 0 Å². The number of nitrogens with zero attached hydrogens (tertiary/aromatic N) is 12. The Bertz CT molecular complexity index is 11500. The Hall–Kier alpha value is -20.3. The average Bonchev–Trinajstić information content (AvgIpc) is 1.54. The number of rotatable bonds is 9. The van der Waals surface area contributed by atoms with Crippen LogP contribution in [0.15, 0.2) is 510 Å². The Balaban J connectivity index is 0.000000101. The van der Waals surface area contributed by atoms with Gasteiger partial charge in [0.05, 0.1) is 99.8 Å². The molecule has 150 heavy (non-hydrogen) atoms. The molecule has 0 fully saturated rings. The van der Waals surface area contributed by atoms with Gasteiger partial charge in [-0.1, -0.05) is 346 Å². The number of hydrogen-bond acceptors (Lipinski definition) is 6. The Labute approximate surface area is 857 Å². The van der Waals surface area contributed by atoms with Crippen molar-refractivity contribution >= 4 is 228 Å². The van der Waals surface area contributed by atoms with Gasteiger partial charge in [-0.05, 0) is 228 Å². The first-order chi connectivity index (χ1) is 74.4. The molecule has 0 aliphatic carbocycles. The molecular formula is C138H84N12. The van der Waals surface area contributed by atoms with Gasteiger partial charge in [-0.2, -0.15) is 0 Å². The molecule has 0 radical (unpaired) electrons. The predicted molar refractivity (Wildman–Crippen MR) is 626 cm³/mol. The monoisotopic (exact) mass is 1910 g/mol. The van der Waals surface area contributed by atoms with Crippen molar-refractivity contribution in [2.24, 2.45) is 0 Å². The molecule has 0 N–H and O–H groups in total. The number of fused-ring (bicyclic) bond motifs is 27. The molecule has 9 heterocycles. The maximum atomic E-state index is 5.63. The molecule has 12 nitrogen and oxygen atoms in total. The lowest BCUT2D eigenvalue weighted by Gasteiger charge is -2.15. The van der Waals surface area contributed by atoms with E-state index in [1.165, 1.54) is 151 Å². The second kappa shape index (κ2) is 33.6. The largest absolute Gasteiger partial charge is 0.309 e. The first kappa shape index (κ1) is 84.2. The first-order valence-corrected chi connectivity index (χ1v) is 51.0. The SMILES string of the molecule is c1ccc(-n2c3ccccc3c3c(-c4nc(-n5c6ccccc6c6cc7ccccc7cc65)nc5ccccc45)c4ccccc4cc32)cc1.c1ccc(-n2c3ccccc3c3cc4c(-c5nc(-n6c7ccccc7c7cc8ccccc8cc76)nc6ccccc56)cccc4cc32)cc1.c1ccc(-n2c3ccccc3c3cc4cc(-c5nc(-n6c7ccccc7c7cc8ccccc8cc76)nc6ccccc56)ccc4cc32)cc1. The van der Waals surface area contributed by atoms with Crippen molar-refractivity contribution in [1.29, 1.82) is 0 Å². The minimum Gasteiger partial charge on any atom is -0.309 e. The molecule has 0 unspecified atom stereocenters. The van der Waals surface area contributed by atoms with Crippen molar-refractivity contribution in [3.05, 3.63) is 510 Å². The molecule has 0 bridgehead atoms. The van der Waals surface area contributed by atoms with Crippen molar-refractivity contribution < 1.29 is 0 Å². The summed E-state index contributed by atoms with van der Waals surface area (Å²) < 4.78 is 13.9. The highest BCUT2D eigenvalue weighted by Gasteiger charge is 2.29. The number of benzene rings is 24. The fraction of sp³-hybridized carbons (Fsp3) is 0. The van der Waals surface area contributed by atoms with Crippen LogP contribution in [0.25, 0.3) is 297 Å². The summed E-state index contributed by atoms with van der Waals surface area (Å²) in [4.78, 5) is 32.3. The van der Waals surface area contributed by atoms with E-state index in [4.69, 9.17) is 29.9 Å². The van der Waals surface area contributed by atoms with E-state index in [9.17, 15) is 0 Å². The standard InChI is InChI=1S/3C46H28N4/c1-2-16-32(17-3-1)49-41-23-10-7-19-34(41)39-28-37-31(27-43(39)49)15-12-21-35(37)45-36-20-6-9-22-40(36)47-46(48-45)50-42-24-11-8-18-33(42)38-25-29-13-4-5-14-30(29)26-44(38)50;1-2-14-34(15-3-1)49-41-20-10-7-16-35(41)39-26-33-24-32(23-22-31(33)28-43(39)49)45-37-18-6-9-19-40(37)47-46(48-45)50-42-21-11-8-17-36(42)38-25-29-12-4-5-13-30(29)27-44(38)50;1-2-17-32(18-3-1)49-40-25-13-10-22-36(40)43-42(49)28-31-16-6-7-19-33(31)44(43)45-35-21-8-11-23-38(35)47-46(48-45)50-39-24-12-9-20-34(39)37-26-29-14-4-5-15-30(29)27-41(37)50/h3*1-28H. The summed E-state index contributed by atoms with van der Waals surface area (Å²) in [6.45, 7) is 0. The predicted octanol–water partition coefficient (Wildman–Crippen LogP) is 35.4. The maximum absolute atomic E-state index is 5.63. The quantitative estimate of drug-likeness (QED) is 0.142. The molecule has 0 saturated heterocycles. The minimum atomic E-state index is 0.660. The normalized spacial score (nSPS) is 12.0. The van der Waals surface area contributed by atoms with Crippen LogP contribution in [-0.4, -0.2) is 57.3 Å². The Morgan fingerprint density at radius 2 is 0.407 bits per heavy atom. The van der Waals surface area contributed by atoms with Crippen molar-refractivity contribution in [3.63, 3.8) is 0 Å². The van der Waals surface area contributed by atoms with Crippen LogP contribution in [-0.2, 0) is 0 Å². The molecule has 696 valence electrons. The lowest BCUT2D eigenvalue weighted by atomic mass is 9.94. The smallest absolute Gasteiger partial charge is 0.235 e. The Morgan fingerprint density at radius 1 is 0.133 bits per heavy atom. The molecule has 0 atom stereocenters. The molecule has 0 aliphatic heterocycles. The molecule has 0 spiro atoms. The molecule has 0 amide bonds. The molecule has 0 aliphatic rings. The zero-order valence-corrected chi connectivity index (χ0v) is 80.9. The summed E-state index contributed by atoms with van der Waals surface area (Å²) >= 11 is 0. The van der Waals surface area contributed by atoms with Crippen molar-refractivity contribution in [3.8, 4) is 68.7 Å². The van der Waals surface area contributed by atoms with E-state index in [2.05, 4.69) is 537 Å². The molecule has 33 rings (SSSR count).